The Labute approximate surface area is 304 Å². The maximum absolute atomic E-state index is 2.47. The minimum Gasteiger partial charge on any atom is -0.310 e. The van der Waals surface area contributed by atoms with Gasteiger partial charge in [0.2, 0.25) is 0 Å². The summed E-state index contributed by atoms with van der Waals surface area (Å²) in [6.07, 6.45) is 0. The summed E-state index contributed by atoms with van der Waals surface area (Å²) in [7, 11) is 0. The Balaban J connectivity index is 1.32. The Hall–Kier alpha value is -6.70. The lowest BCUT2D eigenvalue weighted by Crippen LogP contribution is -2.29. The third-order valence-electron chi connectivity index (χ3n) is 10.9. The predicted octanol–water partition coefficient (Wildman–Crippen LogP) is 13.5. The van der Waals surface area contributed by atoms with Crippen molar-refractivity contribution >= 4 is 38.6 Å². The SMILES string of the molecule is c1ccc(-c2cc3c(c4ccccc24)C(c2ccccc2)(c2ccccc2)c2cc(N(c4ccccc4)c4ccc5ccccc5c4)ccc2-3)cc1. The molecule has 1 aliphatic rings. The van der Waals surface area contributed by atoms with Gasteiger partial charge in [-0.1, -0.05) is 170 Å². The normalized spacial score (nSPS) is 12.8. The number of para-hydroxylation sites is 1. The van der Waals surface area contributed by atoms with Gasteiger partial charge in [-0.2, -0.15) is 0 Å². The second-order valence-corrected chi connectivity index (χ2v) is 13.7. The number of hydrogen-bond donors (Lipinski definition) is 0. The highest BCUT2D eigenvalue weighted by molar-refractivity contribution is 6.07. The fourth-order valence-corrected chi connectivity index (χ4v) is 8.68. The third-order valence-corrected chi connectivity index (χ3v) is 10.9. The second-order valence-electron chi connectivity index (χ2n) is 13.7. The number of hydrogen-bond acceptors (Lipinski definition) is 1. The molecule has 0 fully saturated rings. The van der Waals surface area contributed by atoms with Crippen LogP contribution in [0.3, 0.4) is 0 Å². The highest BCUT2D eigenvalue weighted by atomic mass is 15.1. The van der Waals surface area contributed by atoms with E-state index in [0.29, 0.717) is 0 Å². The molecule has 0 amide bonds. The highest BCUT2D eigenvalue weighted by Gasteiger charge is 2.47. The predicted molar refractivity (Wildman–Crippen MR) is 219 cm³/mol. The molecule has 52 heavy (non-hydrogen) atoms. The summed E-state index contributed by atoms with van der Waals surface area (Å²) in [5.41, 5.74) is 13.0. The van der Waals surface area contributed by atoms with E-state index in [1.54, 1.807) is 0 Å². The number of benzene rings is 9. The van der Waals surface area contributed by atoms with Crippen molar-refractivity contribution in [1.82, 2.24) is 0 Å². The van der Waals surface area contributed by atoms with E-state index in [1.807, 2.05) is 0 Å². The van der Waals surface area contributed by atoms with Gasteiger partial charge in [-0.25, -0.2) is 0 Å². The molecule has 0 aliphatic heterocycles. The zero-order valence-corrected chi connectivity index (χ0v) is 28.7. The largest absolute Gasteiger partial charge is 0.310 e. The fourth-order valence-electron chi connectivity index (χ4n) is 8.68. The lowest BCUT2D eigenvalue weighted by atomic mass is 9.66. The van der Waals surface area contributed by atoms with Crippen LogP contribution < -0.4 is 4.90 Å². The number of nitrogens with zero attached hydrogens (tertiary/aromatic N) is 1. The van der Waals surface area contributed by atoms with Gasteiger partial charge >= 0.3 is 0 Å². The Bertz CT molecular complexity index is 2680. The molecule has 0 heterocycles. The van der Waals surface area contributed by atoms with Gasteiger partial charge in [0.25, 0.3) is 0 Å². The fraction of sp³-hybridized carbons (Fsp3) is 0.0196. The molecule has 244 valence electrons. The molecule has 0 bridgehead atoms. The summed E-state index contributed by atoms with van der Waals surface area (Å²) in [4.78, 5) is 2.41. The second kappa shape index (κ2) is 12.3. The van der Waals surface area contributed by atoms with Crippen LogP contribution in [0.4, 0.5) is 17.1 Å². The molecule has 0 saturated heterocycles. The molecule has 1 nitrogen and oxygen atoms in total. The Kier molecular flexibility index (Phi) is 7.11. The van der Waals surface area contributed by atoms with Crippen molar-refractivity contribution in [3.8, 4) is 22.3 Å². The summed E-state index contributed by atoms with van der Waals surface area (Å²) >= 11 is 0. The molecule has 0 unspecified atom stereocenters. The van der Waals surface area contributed by atoms with Crippen LogP contribution in [0.25, 0.3) is 43.8 Å². The number of fused-ring (bicyclic) bond motifs is 6. The molecule has 0 spiro atoms. The van der Waals surface area contributed by atoms with Gasteiger partial charge in [-0.05, 0) is 109 Å². The van der Waals surface area contributed by atoms with Crippen LogP contribution in [-0.4, -0.2) is 0 Å². The number of anilines is 3. The van der Waals surface area contributed by atoms with Crippen molar-refractivity contribution in [3.05, 3.63) is 235 Å². The van der Waals surface area contributed by atoms with E-state index < -0.39 is 5.41 Å². The first-order chi connectivity index (χ1) is 25.8. The molecule has 0 atom stereocenters. The maximum Gasteiger partial charge on any atom is 0.0720 e. The molecule has 0 radical (unpaired) electrons. The molecule has 0 saturated carbocycles. The van der Waals surface area contributed by atoms with Crippen molar-refractivity contribution in [2.24, 2.45) is 0 Å². The summed E-state index contributed by atoms with van der Waals surface area (Å²) < 4.78 is 0. The average molecular weight is 662 g/mol. The first kappa shape index (κ1) is 30.2. The average Bonchev–Trinajstić information content (AvgIpc) is 3.52. The van der Waals surface area contributed by atoms with Crippen molar-refractivity contribution in [1.29, 1.82) is 0 Å². The van der Waals surface area contributed by atoms with Gasteiger partial charge in [-0.3, -0.25) is 0 Å². The van der Waals surface area contributed by atoms with Crippen LogP contribution in [0.2, 0.25) is 0 Å². The molecular weight excluding hydrogens is 627 g/mol. The van der Waals surface area contributed by atoms with Gasteiger partial charge in [0, 0.05) is 17.1 Å². The molecule has 9 aromatic carbocycles. The Morgan fingerprint density at radius 3 is 1.56 bits per heavy atom. The third kappa shape index (κ3) is 4.63. The monoisotopic (exact) mass is 661 g/mol. The van der Waals surface area contributed by atoms with Crippen LogP contribution in [0.15, 0.2) is 212 Å². The van der Waals surface area contributed by atoms with Crippen LogP contribution in [-0.2, 0) is 5.41 Å². The Morgan fingerprint density at radius 1 is 0.327 bits per heavy atom. The maximum atomic E-state index is 2.47. The van der Waals surface area contributed by atoms with Crippen LogP contribution in [0, 0.1) is 0 Å². The van der Waals surface area contributed by atoms with Crippen molar-refractivity contribution in [3.63, 3.8) is 0 Å². The summed E-state index contributed by atoms with van der Waals surface area (Å²) in [6.45, 7) is 0. The topological polar surface area (TPSA) is 3.24 Å². The number of rotatable bonds is 6. The minimum absolute atomic E-state index is 0.566. The minimum atomic E-state index is -0.566. The Morgan fingerprint density at radius 2 is 0.865 bits per heavy atom. The van der Waals surface area contributed by atoms with Gasteiger partial charge in [-0.15, -0.1) is 0 Å². The molecule has 1 heteroatoms. The van der Waals surface area contributed by atoms with E-state index in [9.17, 15) is 0 Å². The summed E-state index contributed by atoms with van der Waals surface area (Å²) in [6, 6.07) is 77.9. The van der Waals surface area contributed by atoms with Crippen molar-refractivity contribution in [2.45, 2.75) is 5.41 Å². The lowest BCUT2D eigenvalue weighted by Gasteiger charge is -2.35. The molecule has 10 rings (SSSR count). The van der Waals surface area contributed by atoms with E-state index in [4.69, 9.17) is 0 Å². The lowest BCUT2D eigenvalue weighted by molar-refractivity contribution is 0.775. The van der Waals surface area contributed by atoms with Crippen LogP contribution >= 0.6 is 0 Å². The van der Waals surface area contributed by atoms with E-state index in [2.05, 4.69) is 217 Å². The molecule has 0 aromatic heterocycles. The highest BCUT2D eigenvalue weighted by Crippen LogP contribution is 2.60. The standard InChI is InChI=1S/C51H35N/c1-5-18-37(19-6-1)47-35-48-45-32-31-43(52(41-25-11-4-12-26-41)42-30-29-36-17-13-14-20-38(36)33-42)34-49(45)51(39-21-7-2-8-22-39,40-23-9-3-10-24-40)50(48)46-28-16-15-27-44(46)47/h1-35H. The smallest absolute Gasteiger partial charge is 0.0720 e. The zero-order chi connectivity index (χ0) is 34.5. The van der Waals surface area contributed by atoms with E-state index in [-0.39, 0.29) is 0 Å². The van der Waals surface area contributed by atoms with Gasteiger partial charge in [0.05, 0.1) is 5.41 Å². The van der Waals surface area contributed by atoms with Gasteiger partial charge in [0.15, 0.2) is 0 Å². The molecule has 0 N–H and O–H groups in total. The van der Waals surface area contributed by atoms with Crippen molar-refractivity contribution < 1.29 is 0 Å². The van der Waals surface area contributed by atoms with Gasteiger partial charge < -0.3 is 4.90 Å². The van der Waals surface area contributed by atoms with Gasteiger partial charge in [0.1, 0.15) is 0 Å². The summed E-state index contributed by atoms with van der Waals surface area (Å²) in [5.74, 6) is 0. The first-order valence-electron chi connectivity index (χ1n) is 18.0. The van der Waals surface area contributed by atoms with E-state index >= 15 is 0 Å². The molecular formula is C51H35N. The molecule has 9 aromatic rings. The molecule has 1 aliphatic carbocycles. The van der Waals surface area contributed by atoms with Crippen LogP contribution in [0.5, 0.6) is 0 Å². The quantitative estimate of drug-likeness (QED) is 0.171. The van der Waals surface area contributed by atoms with E-state index in [0.717, 1.165) is 17.1 Å². The zero-order valence-electron chi connectivity index (χ0n) is 28.7. The van der Waals surface area contributed by atoms with Crippen molar-refractivity contribution in [2.75, 3.05) is 4.90 Å². The first-order valence-corrected chi connectivity index (χ1v) is 18.0. The summed E-state index contributed by atoms with van der Waals surface area (Å²) in [5, 5.41) is 4.99. The van der Waals surface area contributed by atoms with E-state index in [1.165, 1.54) is 66.1 Å². The van der Waals surface area contributed by atoms with Crippen LogP contribution in [0.1, 0.15) is 22.3 Å².